The second-order valence-corrected chi connectivity index (χ2v) is 10.9. The molecule has 1 unspecified atom stereocenters. The average molecular weight is 497 g/mol. The minimum absolute atomic E-state index is 0.106. The van der Waals surface area contributed by atoms with E-state index in [-0.39, 0.29) is 18.0 Å². The van der Waals surface area contributed by atoms with Gasteiger partial charge in [0.15, 0.2) is 0 Å². The summed E-state index contributed by atoms with van der Waals surface area (Å²) in [5.41, 5.74) is 2.04. The fraction of sp³-hybridized carbons (Fsp3) is 0.571. The van der Waals surface area contributed by atoms with Crippen molar-refractivity contribution in [2.75, 3.05) is 18.4 Å². The summed E-state index contributed by atoms with van der Waals surface area (Å²) in [5, 5.41) is 13.1. The van der Waals surface area contributed by atoms with Crippen molar-refractivity contribution < 1.29 is 36.7 Å². The van der Waals surface area contributed by atoms with Crippen molar-refractivity contribution in [2.24, 2.45) is 5.41 Å². The van der Waals surface area contributed by atoms with Crippen LogP contribution in [0.3, 0.4) is 0 Å². The Hall–Kier alpha value is -2.90. The number of benzene rings is 1. The van der Waals surface area contributed by atoms with E-state index in [1.165, 1.54) is 9.80 Å². The number of hydrogen-bond acceptors (Lipinski definition) is 6. The highest BCUT2D eigenvalue weighted by Crippen LogP contribution is 2.43. The summed E-state index contributed by atoms with van der Waals surface area (Å²) in [6.45, 7) is 6.40. The summed E-state index contributed by atoms with van der Waals surface area (Å²) in [4.78, 5) is 40.0. The van der Waals surface area contributed by atoms with Crippen LogP contribution in [-0.4, -0.2) is 76.1 Å². The van der Waals surface area contributed by atoms with Gasteiger partial charge in [-0.1, -0.05) is 26.8 Å². The Morgan fingerprint density at radius 2 is 1.91 bits per heavy atom. The molecule has 3 aliphatic heterocycles. The topological polar surface area (TPSA) is 157 Å². The summed E-state index contributed by atoms with van der Waals surface area (Å²) in [7, 11) is -4.86. The van der Waals surface area contributed by atoms with Crippen molar-refractivity contribution in [3.8, 4) is 0 Å². The molecule has 4 rings (SSSR count). The molecule has 0 aromatic heterocycles. The van der Waals surface area contributed by atoms with Gasteiger partial charge in [-0.15, -0.1) is 4.28 Å². The van der Waals surface area contributed by atoms with Gasteiger partial charge in [-0.3, -0.25) is 9.35 Å². The molecule has 3 aliphatic rings. The molecule has 0 aliphatic carbocycles. The van der Waals surface area contributed by atoms with E-state index < -0.39 is 40.5 Å². The lowest BCUT2D eigenvalue weighted by Crippen LogP contribution is -2.47. The van der Waals surface area contributed by atoms with Gasteiger partial charge in [-0.2, -0.15) is 13.5 Å². The standard InChI is InChI=1S/C21H28N4O8S/c1-21(2,3)17-15-6-4-13(10-12(15)8-9-23(17)20(28)29)22-18(26)16-7-5-14-11-24(16)19(27)25(14)33-34(30,31)32/h4,6,10,14,16-17H,5,7-9,11H2,1-3H3,(H,22,26)(H,28,29)(H,30,31,32)/t14-,16+,17?/m1/s1. The van der Waals surface area contributed by atoms with Gasteiger partial charge < -0.3 is 20.2 Å². The van der Waals surface area contributed by atoms with Crippen molar-refractivity contribution in [3.63, 3.8) is 0 Å². The van der Waals surface area contributed by atoms with Crippen LogP contribution >= 0.6 is 0 Å². The highest BCUT2D eigenvalue weighted by atomic mass is 32.3. The Bertz CT molecular complexity index is 1130. The third kappa shape index (κ3) is 4.55. The molecule has 0 radical (unpaired) electrons. The Labute approximate surface area is 197 Å². The zero-order valence-electron chi connectivity index (χ0n) is 19.1. The van der Waals surface area contributed by atoms with E-state index in [1.807, 2.05) is 32.9 Å². The number of rotatable bonds is 4. The van der Waals surface area contributed by atoms with Crippen LogP contribution < -0.4 is 5.32 Å². The number of carboxylic acid groups (broad SMARTS) is 1. The maximum Gasteiger partial charge on any atom is 0.418 e. The molecule has 34 heavy (non-hydrogen) atoms. The van der Waals surface area contributed by atoms with Gasteiger partial charge in [0.2, 0.25) is 5.91 Å². The van der Waals surface area contributed by atoms with Crippen molar-refractivity contribution in [1.29, 1.82) is 0 Å². The summed E-state index contributed by atoms with van der Waals surface area (Å²) in [6.07, 6.45) is 0.173. The maximum atomic E-state index is 13.0. The maximum absolute atomic E-state index is 13.0. The lowest BCUT2D eigenvalue weighted by Gasteiger charge is -2.43. The molecule has 0 spiro atoms. The van der Waals surface area contributed by atoms with Crippen LogP contribution in [-0.2, 0) is 25.9 Å². The Balaban J connectivity index is 1.51. The molecule has 3 N–H and O–H groups in total. The molecule has 0 saturated carbocycles. The number of nitrogens with one attached hydrogen (secondary N) is 1. The van der Waals surface area contributed by atoms with E-state index in [9.17, 15) is 27.9 Å². The first-order chi connectivity index (χ1) is 15.8. The van der Waals surface area contributed by atoms with Gasteiger partial charge in [0.1, 0.15) is 6.04 Å². The number of hydrogen-bond donors (Lipinski definition) is 3. The SMILES string of the molecule is CC(C)(C)C1c2ccc(NC(=O)[C@@H]3CC[C@@H]4CN3C(=O)N4OS(=O)(=O)O)cc2CCN1C(=O)O. The number of anilines is 1. The third-order valence-corrected chi connectivity index (χ3v) is 6.85. The zero-order valence-corrected chi connectivity index (χ0v) is 19.9. The largest absolute Gasteiger partial charge is 0.465 e. The van der Waals surface area contributed by atoms with Crippen LogP contribution in [0.15, 0.2) is 18.2 Å². The van der Waals surface area contributed by atoms with Gasteiger partial charge >= 0.3 is 22.5 Å². The molecule has 12 nitrogen and oxygen atoms in total. The highest BCUT2D eigenvalue weighted by molar-refractivity contribution is 7.80. The van der Waals surface area contributed by atoms with Gasteiger partial charge in [0.25, 0.3) is 0 Å². The van der Waals surface area contributed by atoms with Crippen LogP contribution in [0.4, 0.5) is 15.3 Å². The Kier molecular flexibility index (Phi) is 5.98. The molecule has 2 saturated heterocycles. The normalized spacial score (nSPS) is 24.8. The first kappa shape index (κ1) is 24.2. The molecule has 1 aromatic rings. The molecular weight excluding hydrogens is 468 g/mol. The van der Waals surface area contributed by atoms with Crippen LogP contribution in [0.25, 0.3) is 0 Å². The van der Waals surface area contributed by atoms with E-state index >= 15 is 0 Å². The van der Waals surface area contributed by atoms with Crippen LogP contribution in [0.1, 0.15) is 50.8 Å². The predicted octanol–water partition coefficient (Wildman–Crippen LogP) is 2.25. The fourth-order valence-corrected chi connectivity index (χ4v) is 5.56. The fourth-order valence-electron chi connectivity index (χ4n) is 5.17. The molecule has 1 aromatic carbocycles. The molecular formula is C21H28N4O8S. The lowest BCUT2D eigenvalue weighted by molar-refractivity contribution is -0.120. The van der Waals surface area contributed by atoms with E-state index in [1.54, 1.807) is 6.07 Å². The second kappa shape index (κ2) is 8.40. The zero-order chi connectivity index (χ0) is 25.0. The molecule has 3 atom stereocenters. The van der Waals surface area contributed by atoms with Gasteiger partial charge in [0.05, 0.1) is 12.1 Å². The number of carbonyl (C=O) groups excluding carboxylic acids is 2. The van der Waals surface area contributed by atoms with E-state index in [0.717, 1.165) is 11.1 Å². The summed E-state index contributed by atoms with van der Waals surface area (Å²) in [5.74, 6) is -0.421. The Morgan fingerprint density at radius 3 is 2.53 bits per heavy atom. The van der Waals surface area contributed by atoms with E-state index in [4.69, 9.17) is 4.55 Å². The van der Waals surface area contributed by atoms with Crippen molar-refractivity contribution >= 4 is 34.1 Å². The molecule has 13 heteroatoms. The lowest BCUT2D eigenvalue weighted by atomic mass is 9.77. The van der Waals surface area contributed by atoms with Gasteiger partial charge in [-0.05, 0) is 47.9 Å². The minimum Gasteiger partial charge on any atom is -0.465 e. The quantitative estimate of drug-likeness (QED) is 0.536. The van der Waals surface area contributed by atoms with Crippen molar-refractivity contribution in [1.82, 2.24) is 14.9 Å². The molecule has 2 bridgehead atoms. The number of fused-ring (bicyclic) bond motifs is 3. The average Bonchev–Trinajstić information content (AvgIpc) is 2.95. The van der Waals surface area contributed by atoms with Crippen molar-refractivity contribution in [3.05, 3.63) is 29.3 Å². The number of amides is 4. The smallest absolute Gasteiger partial charge is 0.418 e. The van der Waals surface area contributed by atoms with Crippen LogP contribution in [0, 0.1) is 5.41 Å². The Morgan fingerprint density at radius 1 is 1.21 bits per heavy atom. The second-order valence-electron chi connectivity index (χ2n) is 9.91. The number of hydroxylamine groups is 2. The number of carbonyl (C=O) groups is 3. The van der Waals surface area contributed by atoms with Crippen LogP contribution in [0.5, 0.6) is 0 Å². The molecule has 2 fully saturated rings. The summed E-state index contributed by atoms with van der Waals surface area (Å²) >= 11 is 0. The molecule has 3 heterocycles. The third-order valence-electron chi connectivity index (χ3n) is 6.50. The van der Waals surface area contributed by atoms with E-state index in [0.29, 0.717) is 36.6 Å². The highest BCUT2D eigenvalue weighted by Gasteiger charge is 2.49. The first-order valence-electron chi connectivity index (χ1n) is 11.0. The van der Waals surface area contributed by atoms with Crippen molar-refractivity contribution in [2.45, 2.75) is 58.2 Å². The minimum atomic E-state index is -4.86. The summed E-state index contributed by atoms with van der Waals surface area (Å²) in [6, 6.07) is 2.85. The van der Waals surface area contributed by atoms with E-state index in [2.05, 4.69) is 9.60 Å². The molecule has 4 amide bonds. The monoisotopic (exact) mass is 496 g/mol. The number of urea groups is 1. The number of piperidine rings is 1. The summed E-state index contributed by atoms with van der Waals surface area (Å²) < 4.78 is 35.4. The first-order valence-corrected chi connectivity index (χ1v) is 12.3. The molecule has 186 valence electrons. The van der Waals surface area contributed by atoms with Gasteiger partial charge in [0, 0.05) is 18.8 Å². The predicted molar refractivity (Wildman–Crippen MR) is 119 cm³/mol. The van der Waals surface area contributed by atoms with Gasteiger partial charge in [-0.25, -0.2) is 9.59 Å². The van der Waals surface area contributed by atoms with Crippen LogP contribution in [0.2, 0.25) is 0 Å². The number of nitrogens with zero attached hydrogens (tertiary/aromatic N) is 3.